The standard InChI is InChI=1S/C23H23N5O/c1-16-9-8-10-17(15-16)22-26-27-23(29-22)20-24-19-12-5-4-11-18(19)21(25-20)28-13-6-2-3-7-14-28/h4-5,8-12,15H,2-3,6-7,13-14H2,1H3. The van der Waals surface area contributed by atoms with Crippen molar-refractivity contribution in [2.75, 3.05) is 18.0 Å². The zero-order chi connectivity index (χ0) is 19.6. The molecule has 1 saturated heterocycles. The summed E-state index contributed by atoms with van der Waals surface area (Å²) in [6, 6.07) is 16.2. The Kier molecular flexibility index (Phi) is 4.68. The number of rotatable bonds is 3. The number of benzene rings is 2. The Bertz CT molecular complexity index is 1140. The highest BCUT2D eigenvalue weighted by molar-refractivity contribution is 5.90. The van der Waals surface area contributed by atoms with Crippen LogP contribution in [0.5, 0.6) is 0 Å². The van der Waals surface area contributed by atoms with E-state index in [4.69, 9.17) is 14.4 Å². The average molecular weight is 385 g/mol. The molecule has 0 saturated carbocycles. The van der Waals surface area contributed by atoms with E-state index in [1.165, 1.54) is 25.7 Å². The first-order chi connectivity index (χ1) is 14.3. The van der Waals surface area contributed by atoms with Crippen LogP contribution in [-0.2, 0) is 0 Å². The van der Waals surface area contributed by atoms with E-state index < -0.39 is 0 Å². The van der Waals surface area contributed by atoms with Crippen LogP contribution in [0.1, 0.15) is 31.2 Å². The third-order valence-corrected chi connectivity index (χ3v) is 5.37. The van der Waals surface area contributed by atoms with Crippen LogP contribution in [-0.4, -0.2) is 33.3 Å². The van der Waals surface area contributed by atoms with E-state index in [2.05, 4.69) is 21.2 Å². The van der Waals surface area contributed by atoms with Crippen molar-refractivity contribution >= 4 is 16.7 Å². The van der Waals surface area contributed by atoms with Gasteiger partial charge in [0.15, 0.2) is 0 Å². The molecule has 146 valence electrons. The molecular weight excluding hydrogens is 362 g/mol. The molecule has 1 aliphatic rings. The number of para-hydroxylation sites is 1. The van der Waals surface area contributed by atoms with Gasteiger partial charge in [0.25, 0.3) is 5.89 Å². The number of fused-ring (bicyclic) bond motifs is 1. The SMILES string of the molecule is Cc1cccc(-c2nnc(-c3nc(N4CCCCCC4)c4ccccc4n3)o2)c1. The molecule has 6 heteroatoms. The number of anilines is 1. The van der Waals surface area contributed by atoms with Crippen LogP contribution in [0.2, 0.25) is 0 Å². The molecular formula is C23H23N5O. The summed E-state index contributed by atoms with van der Waals surface area (Å²) in [7, 11) is 0. The maximum atomic E-state index is 5.96. The number of aryl methyl sites for hydroxylation is 1. The van der Waals surface area contributed by atoms with Crippen molar-refractivity contribution < 1.29 is 4.42 Å². The highest BCUT2D eigenvalue weighted by atomic mass is 16.4. The van der Waals surface area contributed by atoms with Gasteiger partial charge in [-0.25, -0.2) is 9.97 Å². The Balaban J connectivity index is 1.59. The van der Waals surface area contributed by atoms with Gasteiger partial charge in [0.2, 0.25) is 11.7 Å². The van der Waals surface area contributed by atoms with Gasteiger partial charge < -0.3 is 9.32 Å². The van der Waals surface area contributed by atoms with E-state index in [0.29, 0.717) is 17.6 Å². The number of hydrogen-bond donors (Lipinski definition) is 0. The van der Waals surface area contributed by atoms with E-state index in [1.807, 2.05) is 49.4 Å². The van der Waals surface area contributed by atoms with E-state index >= 15 is 0 Å². The molecule has 1 aliphatic heterocycles. The van der Waals surface area contributed by atoms with Crippen molar-refractivity contribution in [3.63, 3.8) is 0 Å². The molecule has 4 aromatic rings. The molecule has 3 heterocycles. The fraction of sp³-hybridized carbons (Fsp3) is 0.304. The highest BCUT2D eigenvalue weighted by Gasteiger charge is 2.20. The molecule has 2 aromatic carbocycles. The molecule has 0 unspecified atom stereocenters. The van der Waals surface area contributed by atoms with Gasteiger partial charge in [0.05, 0.1) is 5.52 Å². The smallest absolute Gasteiger partial charge is 0.286 e. The lowest BCUT2D eigenvalue weighted by Gasteiger charge is -2.23. The minimum atomic E-state index is 0.350. The molecule has 2 aromatic heterocycles. The summed E-state index contributed by atoms with van der Waals surface area (Å²) < 4.78 is 5.96. The Morgan fingerprint density at radius 1 is 0.828 bits per heavy atom. The van der Waals surface area contributed by atoms with E-state index in [1.54, 1.807) is 0 Å². The largest absolute Gasteiger partial charge is 0.413 e. The second-order valence-corrected chi connectivity index (χ2v) is 7.57. The number of aromatic nitrogens is 4. The Hall–Kier alpha value is -3.28. The third kappa shape index (κ3) is 3.58. The summed E-state index contributed by atoms with van der Waals surface area (Å²) in [5.41, 5.74) is 2.94. The summed E-state index contributed by atoms with van der Waals surface area (Å²) in [5, 5.41) is 9.54. The monoisotopic (exact) mass is 385 g/mol. The quantitative estimate of drug-likeness (QED) is 0.492. The maximum Gasteiger partial charge on any atom is 0.286 e. The van der Waals surface area contributed by atoms with Crippen LogP contribution >= 0.6 is 0 Å². The minimum Gasteiger partial charge on any atom is -0.413 e. The van der Waals surface area contributed by atoms with Gasteiger partial charge >= 0.3 is 0 Å². The molecule has 0 N–H and O–H groups in total. The van der Waals surface area contributed by atoms with E-state index in [0.717, 1.165) is 40.9 Å². The molecule has 0 aliphatic carbocycles. The second kappa shape index (κ2) is 7.62. The minimum absolute atomic E-state index is 0.350. The van der Waals surface area contributed by atoms with Crippen LogP contribution in [0.4, 0.5) is 5.82 Å². The van der Waals surface area contributed by atoms with Crippen LogP contribution in [0.3, 0.4) is 0 Å². The molecule has 0 spiro atoms. The number of nitrogens with zero attached hydrogens (tertiary/aromatic N) is 5. The zero-order valence-corrected chi connectivity index (χ0v) is 16.5. The molecule has 0 radical (unpaired) electrons. The van der Waals surface area contributed by atoms with E-state index in [9.17, 15) is 0 Å². The van der Waals surface area contributed by atoms with Gasteiger partial charge in [-0.2, -0.15) is 0 Å². The van der Waals surface area contributed by atoms with Gasteiger partial charge in [-0.1, -0.05) is 42.7 Å². The second-order valence-electron chi connectivity index (χ2n) is 7.57. The normalized spacial score (nSPS) is 14.9. The average Bonchev–Trinajstić information content (AvgIpc) is 3.09. The highest BCUT2D eigenvalue weighted by Crippen LogP contribution is 2.30. The first kappa shape index (κ1) is 17.8. The lowest BCUT2D eigenvalue weighted by Crippen LogP contribution is -2.25. The molecule has 1 fully saturated rings. The fourth-order valence-corrected chi connectivity index (χ4v) is 3.89. The van der Waals surface area contributed by atoms with Crippen molar-refractivity contribution in [3.8, 4) is 23.2 Å². The lowest BCUT2D eigenvalue weighted by atomic mass is 10.1. The molecule has 0 atom stereocenters. The van der Waals surface area contributed by atoms with Crippen molar-refractivity contribution in [2.45, 2.75) is 32.6 Å². The summed E-state index contributed by atoms with van der Waals surface area (Å²) in [4.78, 5) is 12.0. The van der Waals surface area contributed by atoms with Gasteiger partial charge in [-0.05, 0) is 44.0 Å². The van der Waals surface area contributed by atoms with Crippen LogP contribution in [0, 0.1) is 6.92 Å². The third-order valence-electron chi connectivity index (χ3n) is 5.37. The lowest BCUT2D eigenvalue weighted by molar-refractivity contribution is 0.579. The van der Waals surface area contributed by atoms with Gasteiger partial charge in [0, 0.05) is 24.0 Å². The first-order valence-corrected chi connectivity index (χ1v) is 10.2. The van der Waals surface area contributed by atoms with Gasteiger partial charge in [0.1, 0.15) is 5.82 Å². The summed E-state index contributed by atoms with van der Waals surface area (Å²) in [6.07, 6.45) is 4.92. The zero-order valence-electron chi connectivity index (χ0n) is 16.5. The molecule has 29 heavy (non-hydrogen) atoms. The maximum absolute atomic E-state index is 5.96. The van der Waals surface area contributed by atoms with Gasteiger partial charge in [-0.15, -0.1) is 10.2 Å². The van der Waals surface area contributed by atoms with Crippen molar-refractivity contribution in [3.05, 3.63) is 54.1 Å². The van der Waals surface area contributed by atoms with Crippen molar-refractivity contribution in [1.29, 1.82) is 0 Å². The van der Waals surface area contributed by atoms with Crippen LogP contribution in [0.25, 0.3) is 34.1 Å². The van der Waals surface area contributed by atoms with E-state index in [-0.39, 0.29) is 0 Å². The predicted octanol–water partition coefficient (Wildman–Crippen LogP) is 5.04. The van der Waals surface area contributed by atoms with Gasteiger partial charge in [-0.3, -0.25) is 0 Å². The van der Waals surface area contributed by atoms with Crippen LogP contribution in [0.15, 0.2) is 52.9 Å². The molecule has 0 bridgehead atoms. The Morgan fingerprint density at radius 2 is 1.62 bits per heavy atom. The Labute approximate surface area is 169 Å². The molecule has 5 rings (SSSR count). The summed E-state index contributed by atoms with van der Waals surface area (Å²) in [5.74, 6) is 2.28. The van der Waals surface area contributed by atoms with Crippen molar-refractivity contribution in [2.24, 2.45) is 0 Å². The fourth-order valence-electron chi connectivity index (χ4n) is 3.89. The molecule has 0 amide bonds. The van der Waals surface area contributed by atoms with Crippen LogP contribution < -0.4 is 4.90 Å². The van der Waals surface area contributed by atoms with Crippen molar-refractivity contribution in [1.82, 2.24) is 20.2 Å². The summed E-state index contributed by atoms with van der Waals surface area (Å²) >= 11 is 0. The predicted molar refractivity (Wildman–Crippen MR) is 114 cm³/mol. The topological polar surface area (TPSA) is 67.9 Å². The number of hydrogen-bond acceptors (Lipinski definition) is 6. The first-order valence-electron chi connectivity index (χ1n) is 10.2. The Morgan fingerprint density at radius 3 is 2.45 bits per heavy atom. The molecule has 6 nitrogen and oxygen atoms in total. The summed E-state index contributed by atoms with van der Waals surface area (Å²) in [6.45, 7) is 4.07.